The Bertz CT molecular complexity index is 441. The predicted octanol–water partition coefficient (Wildman–Crippen LogP) is 3.76. The van der Waals surface area contributed by atoms with Gasteiger partial charge < -0.3 is 5.32 Å². The van der Waals surface area contributed by atoms with Crippen molar-refractivity contribution in [2.24, 2.45) is 0 Å². The Labute approximate surface area is 108 Å². The lowest BCUT2D eigenvalue weighted by Crippen LogP contribution is -2.17. The summed E-state index contributed by atoms with van der Waals surface area (Å²) in [6, 6.07) is 6.46. The molecule has 0 saturated carbocycles. The minimum Gasteiger partial charge on any atom is -0.305 e. The molecule has 0 aliphatic rings. The summed E-state index contributed by atoms with van der Waals surface area (Å²) < 4.78 is 1.18. The van der Waals surface area contributed by atoms with Crippen molar-refractivity contribution in [2.75, 3.05) is 0 Å². The van der Waals surface area contributed by atoms with Crippen LogP contribution in [-0.4, -0.2) is 4.98 Å². The van der Waals surface area contributed by atoms with E-state index in [0.717, 1.165) is 6.54 Å². The average Bonchev–Trinajstić information content (AvgIpc) is 2.73. The van der Waals surface area contributed by atoms with Gasteiger partial charge in [-0.15, -0.1) is 11.3 Å². The molecule has 1 atom stereocenters. The Hall–Kier alpha value is -0.710. The van der Waals surface area contributed by atoms with E-state index in [-0.39, 0.29) is 0 Å². The van der Waals surface area contributed by atoms with Crippen LogP contribution in [0.15, 0.2) is 40.4 Å². The van der Waals surface area contributed by atoms with E-state index >= 15 is 0 Å². The van der Waals surface area contributed by atoms with E-state index < -0.39 is 0 Å². The van der Waals surface area contributed by atoms with Gasteiger partial charge in [-0.05, 0) is 45.9 Å². The van der Waals surface area contributed by atoms with Gasteiger partial charge in [0.2, 0.25) is 0 Å². The zero-order valence-corrected chi connectivity index (χ0v) is 11.4. The molecule has 2 aromatic rings. The van der Waals surface area contributed by atoms with Gasteiger partial charge in [-0.2, -0.15) is 0 Å². The number of hydrogen-bond donors (Lipinski definition) is 1. The van der Waals surface area contributed by atoms with Crippen molar-refractivity contribution in [1.29, 1.82) is 0 Å². The summed E-state index contributed by atoms with van der Waals surface area (Å²) in [5.41, 5.74) is 1.22. The van der Waals surface area contributed by atoms with E-state index in [1.54, 1.807) is 17.5 Å². The van der Waals surface area contributed by atoms with Crippen LogP contribution in [0.3, 0.4) is 0 Å². The molecule has 2 rings (SSSR count). The van der Waals surface area contributed by atoms with E-state index in [4.69, 9.17) is 0 Å². The first-order chi connectivity index (χ1) is 7.77. The highest BCUT2D eigenvalue weighted by molar-refractivity contribution is 9.10. The van der Waals surface area contributed by atoms with E-state index in [0.29, 0.717) is 6.04 Å². The highest BCUT2D eigenvalue weighted by Crippen LogP contribution is 2.23. The molecular weight excluding hydrogens is 284 g/mol. The summed E-state index contributed by atoms with van der Waals surface area (Å²) in [5.74, 6) is 0. The molecule has 1 unspecified atom stereocenters. The topological polar surface area (TPSA) is 24.9 Å². The highest BCUT2D eigenvalue weighted by Gasteiger charge is 2.06. The van der Waals surface area contributed by atoms with Crippen LogP contribution in [-0.2, 0) is 6.54 Å². The van der Waals surface area contributed by atoms with Crippen LogP contribution in [0.2, 0.25) is 0 Å². The average molecular weight is 297 g/mol. The maximum absolute atomic E-state index is 4.12. The van der Waals surface area contributed by atoms with Crippen molar-refractivity contribution in [1.82, 2.24) is 10.3 Å². The largest absolute Gasteiger partial charge is 0.305 e. The van der Waals surface area contributed by atoms with Crippen molar-refractivity contribution in [3.05, 3.63) is 50.9 Å². The summed E-state index contributed by atoms with van der Waals surface area (Å²) in [5, 5.41) is 5.58. The van der Waals surface area contributed by atoms with Gasteiger partial charge in [-0.3, -0.25) is 4.98 Å². The van der Waals surface area contributed by atoms with Crippen molar-refractivity contribution in [2.45, 2.75) is 19.5 Å². The summed E-state index contributed by atoms with van der Waals surface area (Å²) in [7, 11) is 0. The standard InChI is InChI=1S/C12H13BrN2S/c1-9(10-3-2-5-14-7-10)15-8-12-11(13)4-6-16-12/h2-7,9,15H,8H2,1H3. The quantitative estimate of drug-likeness (QED) is 0.929. The summed E-state index contributed by atoms with van der Waals surface area (Å²) >= 11 is 5.29. The van der Waals surface area contributed by atoms with Gasteiger partial charge >= 0.3 is 0 Å². The van der Waals surface area contributed by atoms with Crippen LogP contribution in [0.4, 0.5) is 0 Å². The lowest BCUT2D eigenvalue weighted by atomic mass is 10.1. The number of thiophene rings is 1. The minimum atomic E-state index is 0.322. The predicted molar refractivity (Wildman–Crippen MR) is 71.5 cm³/mol. The molecule has 0 saturated heterocycles. The Kier molecular flexibility index (Phi) is 4.09. The van der Waals surface area contributed by atoms with Gasteiger partial charge in [0.05, 0.1) is 0 Å². The molecule has 0 fully saturated rings. The van der Waals surface area contributed by atoms with Crippen molar-refractivity contribution in [3.8, 4) is 0 Å². The molecular formula is C12H13BrN2S. The number of rotatable bonds is 4. The number of pyridine rings is 1. The fourth-order valence-corrected chi connectivity index (χ4v) is 2.89. The molecule has 0 aliphatic carbocycles. The fraction of sp³-hybridized carbons (Fsp3) is 0.250. The van der Waals surface area contributed by atoms with Gasteiger partial charge in [-0.1, -0.05) is 6.07 Å². The molecule has 2 heterocycles. The second kappa shape index (κ2) is 5.57. The minimum absolute atomic E-state index is 0.322. The molecule has 2 nitrogen and oxygen atoms in total. The lowest BCUT2D eigenvalue weighted by molar-refractivity contribution is 0.576. The Morgan fingerprint density at radius 3 is 3.00 bits per heavy atom. The molecule has 2 aromatic heterocycles. The van der Waals surface area contributed by atoms with E-state index in [1.165, 1.54) is 14.9 Å². The van der Waals surface area contributed by atoms with E-state index in [1.807, 2.05) is 12.3 Å². The van der Waals surface area contributed by atoms with Crippen molar-refractivity contribution < 1.29 is 0 Å². The van der Waals surface area contributed by atoms with Gasteiger partial charge in [0.25, 0.3) is 0 Å². The van der Waals surface area contributed by atoms with Crippen LogP contribution in [0.5, 0.6) is 0 Å². The SMILES string of the molecule is CC(NCc1sccc1Br)c1cccnc1. The third-order valence-electron chi connectivity index (χ3n) is 2.44. The summed E-state index contributed by atoms with van der Waals surface area (Å²) in [6.07, 6.45) is 3.70. The molecule has 1 N–H and O–H groups in total. The highest BCUT2D eigenvalue weighted by atomic mass is 79.9. The van der Waals surface area contributed by atoms with Gasteiger partial charge in [0, 0.05) is 34.3 Å². The first-order valence-corrected chi connectivity index (χ1v) is 6.80. The third-order valence-corrected chi connectivity index (χ3v) is 4.37. The Balaban J connectivity index is 1.94. The molecule has 84 valence electrons. The van der Waals surface area contributed by atoms with Gasteiger partial charge in [0.1, 0.15) is 0 Å². The molecule has 0 amide bonds. The van der Waals surface area contributed by atoms with Gasteiger partial charge in [-0.25, -0.2) is 0 Å². The Morgan fingerprint density at radius 1 is 1.50 bits per heavy atom. The van der Waals surface area contributed by atoms with Crippen LogP contribution in [0, 0.1) is 0 Å². The molecule has 0 radical (unpaired) electrons. The lowest BCUT2D eigenvalue weighted by Gasteiger charge is -2.13. The second-order valence-corrected chi connectivity index (χ2v) is 5.44. The number of halogens is 1. The number of nitrogens with one attached hydrogen (secondary N) is 1. The number of nitrogens with zero attached hydrogens (tertiary/aromatic N) is 1. The first kappa shape index (κ1) is 11.8. The first-order valence-electron chi connectivity index (χ1n) is 5.12. The summed E-state index contributed by atoms with van der Waals surface area (Å²) in [6.45, 7) is 3.03. The van der Waals surface area contributed by atoms with Crippen LogP contribution in [0.1, 0.15) is 23.4 Å². The maximum atomic E-state index is 4.12. The molecule has 0 bridgehead atoms. The Morgan fingerprint density at radius 2 is 2.38 bits per heavy atom. The molecule has 4 heteroatoms. The van der Waals surface area contributed by atoms with E-state index in [9.17, 15) is 0 Å². The van der Waals surface area contributed by atoms with Crippen molar-refractivity contribution >= 4 is 27.3 Å². The summed E-state index contributed by atoms with van der Waals surface area (Å²) in [4.78, 5) is 5.45. The second-order valence-electron chi connectivity index (χ2n) is 3.58. The van der Waals surface area contributed by atoms with Crippen LogP contribution >= 0.6 is 27.3 Å². The van der Waals surface area contributed by atoms with Crippen LogP contribution in [0.25, 0.3) is 0 Å². The molecule has 16 heavy (non-hydrogen) atoms. The van der Waals surface area contributed by atoms with Gasteiger partial charge in [0.15, 0.2) is 0 Å². The van der Waals surface area contributed by atoms with Crippen LogP contribution < -0.4 is 5.32 Å². The molecule has 0 aromatic carbocycles. The normalized spacial score (nSPS) is 12.6. The van der Waals surface area contributed by atoms with Crippen molar-refractivity contribution in [3.63, 3.8) is 0 Å². The molecule has 0 aliphatic heterocycles. The smallest absolute Gasteiger partial charge is 0.0327 e. The zero-order valence-electron chi connectivity index (χ0n) is 8.98. The monoisotopic (exact) mass is 296 g/mol. The number of aromatic nitrogens is 1. The fourth-order valence-electron chi connectivity index (χ4n) is 1.45. The maximum Gasteiger partial charge on any atom is 0.0327 e. The third kappa shape index (κ3) is 2.90. The zero-order chi connectivity index (χ0) is 11.4. The van der Waals surface area contributed by atoms with E-state index in [2.05, 4.69) is 50.7 Å². The number of hydrogen-bond acceptors (Lipinski definition) is 3. The molecule has 0 spiro atoms.